The normalized spacial score (nSPS) is 11.9. The zero-order valence-electron chi connectivity index (χ0n) is 8.94. The third-order valence-electron chi connectivity index (χ3n) is 2.63. The van der Waals surface area contributed by atoms with Gasteiger partial charge in [-0.05, 0) is 29.5 Å². The molecule has 0 unspecified atom stereocenters. The van der Waals surface area contributed by atoms with Crippen molar-refractivity contribution in [3.05, 3.63) is 36.2 Å². The topological polar surface area (TPSA) is 25.8 Å². The maximum absolute atomic E-state index is 4.40. The number of hydrogen-bond acceptors (Lipinski definition) is 3. The van der Waals surface area contributed by atoms with Crippen molar-refractivity contribution >= 4 is 23.7 Å². The minimum Gasteiger partial charge on any atom is -0.255 e. The molecule has 0 radical (unpaired) electrons. The quantitative estimate of drug-likeness (QED) is 0.784. The van der Waals surface area contributed by atoms with E-state index in [2.05, 4.69) is 42.5 Å². The van der Waals surface area contributed by atoms with Crippen molar-refractivity contribution in [1.82, 2.24) is 9.97 Å². The van der Waals surface area contributed by atoms with Crippen LogP contribution >= 0.6 is 12.6 Å². The van der Waals surface area contributed by atoms with E-state index >= 15 is 0 Å². The second kappa shape index (κ2) is 3.81. The Morgan fingerprint density at radius 1 is 1.27 bits per heavy atom. The molecule has 3 heteroatoms. The molecule has 0 amide bonds. The Morgan fingerprint density at radius 3 is 2.80 bits per heavy atom. The van der Waals surface area contributed by atoms with Gasteiger partial charge in [0.1, 0.15) is 0 Å². The Hall–Kier alpha value is -1.09. The van der Waals surface area contributed by atoms with E-state index in [1.807, 2.05) is 18.3 Å². The van der Waals surface area contributed by atoms with Gasteiger partial charge in [0.15, 0.2) is 0 Å². The summed E-state index contributed by atoms with van der Waals surface area (Å²) in [6.07, 6.45) is 3.71. The third kappa shape index (κ3) is 1.97. The van der Waals surface area contributed by atoms with E-state index in [1.165, 1.54) is 5.56 Å². The van der Waals surface area contributed by atoms with Crippen LogP contribution in [0.5, 0.6) is 0 Å². The lowest BCUT2D eigenvalue weighted by Crippen LogP contribution is -2.19. The average Bonchev–Trinajstić information content (AvgIpc) is 2.28. The molecule has 0 saturated heterocycles. The molecule has 0 fully saturated rings. The summed E-state index contributed by atoms with van der Waals surface area (Å²) in [6.45, 7) is 4.32. The molecule has 15 heavy (non-hydrogen) atoms. The summed E-state index contributed by atoms with van der Waals surface area (Å²) in [5.74, 6) is 0.799. The van der Waals surface area contributed by atoms with Gasteiger partial charge >= 0.3 is 0 Å². The van der Waals surface area contributed by atoms with E-state index in [9.17, 15) is 0 Å². The summed E-state index contributed by atoms with van der Waals surface area (Å²) in [7, 11) is 0. The van der Waals surface area contributed by atoms with Gasteiger partial charge in [-0.2, -0.15) is 12.6 Å². The van der Waals surface area contributed by atoms with E-state index in [4.69, 9.17) is 0 Å². The first kappa shape index (κ1) is 10.4. The van der Waals surface area contributed by atoms with Gasteiger partial charge in [0.2, 0.25) is 0 Å². The molecule has 0 N–H and O–H groups in total. The Labute approximate surface area is 95.2 Å². The highest BCUT2D eigenvalue weighted by molar-refractivity contribution is 7.80. The van der Waals surface area contributed by atoms with Crippen LogP contribution in [-0.2, 0) is 5.41 Å². The van der Waals surface area contributed by atoms with Crippen molar-refractivity contribution in [2.45, 2.75) is 19.3 Å². The fraction of sp³-hybridized carbons (Fsp3) is 0.333. The summed E-state index contributed by atoms with van der Waals surface area (Å²) >= 11 is 4.36. The lowest BCUT2D eigenvalue weighted by Gasteiger charge is -2.22. The number of thiol groups is 1. The van der Waals surface area contributed by atoms with E-state index < -0.39 is 0 Å². The molecule has 2 nitrogen and oxygen atoms in total. The molecule has 78 valence electrons. The van der Waals surface area contributed by atoms with Crippen LogP contribution < -0.4 is 0 Å². The molecule has 2 aromatic heterocycles. The van der Waals surface area contributed by atoms with E-state index in [1.54, 1.807) is 6.20 Å². The van der Waals surface area contributed by atoms with Crippen molar-refractivity contribution in [2.75, 3.05) is 5.75 Å². The number of pyridine rings is 2. The molecule has 0 saturated carbocycles. The second-order valence-corrected chi connectivity index (χ2v) is 4.62. The minimum absolute atomic E-state index is 0.0435. The van der Waals surface area contributed by atoms with E-state index in [0.29, 0.717) is 0 Å². The van der Waals surface area contributed by atoms with Gasteiger partial charge in [0.05, 0.1) is 11.0 Å². The molecule has 2 heterocycles. The maximum atomic E-state index is 4.40. The summed E-state index contributed by atoms with van der Waals surface area (Å²) in [5.41, 5.74) is 3.12. The number of hydrogen-bond donors (Lipinski definition) is 1. The van der Waals surface area contributed by atoms with Gasteiger partial charge < -0.3 is 0 Å². The van der Waals surface area contributed by atoms with Crippen LogP contribution in [0.4, 0.5) is 0 Å². The first-order valence-corrected chi connectivity index (χ1v) is 5.59. The SMILES string of the molecule is CC(C)(CS)c1cnc2cccnc2c1. The Morgan fingerprint density at radius 2 is 2.07 bits per heavy atom. The predicted octanol–water partition coefficient (Wildman–Crippen LogP) is 2.84. The fourth-order valence-electron chi connectivity index (χ4n) is 1.41. The van der Waals surface area contributed by atoms with Crippen LogP contribution in [0, 0.1) is 0 Å². The Bertz CT molecular complexity index is 480. The van der Waals surface area contributed by atoms with Gasteiger partial charge in [-0.3, -0.25) is 9.97 Å². The van der Waals surface area contributed by atoms with Crippen molar-refractivity contribution in [3.63, 3.8) is 0 Å². The largest absolute Gasteiger partial charge is 0.255 e. The molecule has 0 aliphatic carbocycles. The molecule has 2 rings (SSSR count). The van der Waals surface area contributed by atoms with Crippen LogP contribution in [0.3, 0.4) is 0 Å². The summed E-state index contributed by atoms with van der Waals surface area (Å²) in [4.78, 5) is 8.70. The predicted molar refractivity (Wildman–Crippen MR) is 66.4 cm³/mol. The summed E-state index contributed by atoms with van der Waals surface area (Å²) in [5, 5.41) is 0. The van der Waals surface area contributed by atoms with E-state index in [-0.39, 0.29) is 5.41 Å². The minimum atomic E-state index is 0.0435. The fourth-order valence-corrected chi connectivity index (χ4v) is 1.60. The van der Waals surface area contributed by atoms with Crippen LogP contribution in [0.1, 0.15) is 19.4 Å². The average molecular weight is 218 g/mol. The molecule has 0 atom stereocenters. The molecular weight excluding hydrogens is 204 g/mol. The number of fused-ring (bicyclic) bond motifs is 1. The van der Waals surface area contributed by atoms with E-state index in [0.717, 1.165) is 16.8 Å². The lowest BCUT2D eigenvalue weighted by molar-refractivity contribution is 0.602. The molecule has 0 bridgehead atoms. The van der Waals surface area contributed by atoms with Crippen LogP contribution in [0.25, 0.3) is 11.0 Å². The molecule has 0 aliphatic rings. The van der Waals surface area contributed by atoms with Gasteiger partial charge in [-0.1, -0.05) is 13.8 Å². The number of nitrogens with zero attached hydrogens (tertiary/aromatic N) is 2. The first-order valence-electron chi connectivity index (χ1n) is 4.95. The highest BCUT2D eigenvalue weighted by Gasteiger charge is 2.19. The number of rotatable bonds is 2. The van der Waals surface area contributed by atoms with Crippen molar-refractivity contribution in [1.29, 1.82) is 0 Å². The van der Waals surface area contributed by atoms with Crippen molar-refractivity contribution in [3.8, 4) is 0 Å². The Kier molecular flexibility index (Phi) is 2.65. The summed E-state index contributed by atoms with van der Waals surface area (Å²) < 4.78 is 0. The highest BCUT2D eigenvalue weighted by Crippen LogP contribution is 2.25. The first-order chi connectivity index (χ1) is 7.13. The molecule has 0 aromatic carbocycles. The summed E-state index contributed by atoms with van der Waals surface area (Å²) in [6, 6.07) is 5.97. The highest BCUT2D eigenvalue weighted by atomic mass is 32.1. The zero-order valence-corrected chi connectivity index (χ0v) is 9.83. The van der Waals surface area contributed by atoms with Crippen molar-refractivity contribution in [2.24, 2.45) is 0 Å². The van der Waals surface area contributed by atoms with Crippen LogP contribution in [0.15, 0.2) is 30.6 Å². The standard InChI is InChI=1S/C12H14N2S/c1-12(2,8-15)9-6-11-10(14-7-9)4-3-5-13-11/h3-7,15H,8H2,1-2H3. The smallest absolute Gasteiger partial charge is 0.0889 e. The number of aromatic nitrogens is 2. The van der Waals surface area contributed by atoms with Crippen LogP contribution in [-0.4, -0.2) is 15.7 Å². The second-order valence-electron chi connectivity index (χ2n) is 4.31. The Balaban J connectivity index is 2.56. The monoisotopic (exact) mass is 218 g/mol. The zero-order chi connectivity index (χ0) is 10.9. The molecule has 0 spiro atoms. The maximum Gasteiger partial charge on any atom is 0.0889 e. The van der Waals surface area contributed by atoms with Crippen molar-refractivity contribution < 1.29 is 0 Å². The van der Waals surface area contributed by atoms with Crippen LogP contribution in [0.2, 0.25) is 0 Å². The lowest BCUT2D eigenvalue weighted by atomic mass is 9.88. The van der Waals surface area contributed by atoms with Gasteiger partial charge in [-0.25, -0.2) is 0 Å². The molecule has 2 aromatic rings. The molecular formula is C12H14N2S. The van der Waals surface area contributed by atoms with Gasteiger partial charge in [0, 0.05) is 17.8 Å². The third-order valence-corrected chi connectivity index (χ3v) is 3.42. The molecule has 0 aliphatic heterocycles. The van der Waals surface area contributed by atoms with Gasteiger partial charge in [0.25, 0.3) is 0 Å². The van der Waals surface area contributed by atoms with Gasteiger partial charge in [-0.15, -0.1) is 0 Å².